The number of anilines is 1. The van der Waals surface area contributed by atoms with E-state index in [9.17, 15) is 4.79 Å². The summed E-state index contributed by atoms with van der Waals surface area (Å²) >= 11 is 1.58. The molecule has 2 aliphatic rings. The van der Waals surface area contributed by atoms with Crippen molar-refractivity contribution in [2.24, 2.45) is 10.8 Å². The molecule has 8 nitrogen and oxygen atoms in total. The van der Waals surface area contributed by atoms with E-state index in [1.807, 2.05) is 18.2 Å². The molecule has 0 spiro atoms. The maximum atomic E-state index is 11.5. The van der Waals surface area contributed by atoms with E-state index in [2.05, 4.69) is 20.6 Å². The van der Waals surface area contributed by atoms with Crippen molar-refractivity contribution in [1.29, 1.82) is 0 Å². The molecule has 2 aromatic rings. The molecule has 1 aromatic heterocycles. The smallest absolute Gasteiger partial charge is 0.262 e. The van der Waals surface area contributed by atoms with Gasteiger partial charge in [0.1, 0.15) is 5.75 Å². The highest BCUT2D eigenvalue weighted by molar-refractivity contribution is 7.99. The van der Waals surface area contributed by atoms with Gasteiger partial charge in [-0.05, 0) is 24.7 Å². The summed E-state index contributed by atoms with van der Waals surface area (Å²) in [7, 11) is 0. The van der Waals surface area contributed by atoms with Gasteiger partial charge in [-0.1, -0.05) is 11.8 Å². The fraction of sp³-hybridized carbons (Fsp3) is 0.286. The maximum absolute atomic E-state index is 11.5. The van der Waals surface area contributed by atoms with Gasteiger partial charge in [0.05, 0.1) is 11.4 Å². The van der Waals surface area contributed by atoms with Crippen molar-refractivity contribution in [2.45, 2.75) is 11.6 Å². The van der Waals surface area contributed by atoms with Gasteiger partial charge in [-0.2, -0.15) is 9.78 Å². The number of carbonyl (C=O) groups is 1. The first kappa shape index (κ1) is 14.2. The summed E-state index contributed by atoms with van der Waals surface area (Å²) in [6, 6.07) is 5.66. The number of nitrogens with two attached hydrogens (primary N) is 1. The Morgan fingerprint density at radius 3 is 3.17 bits per heavy atom. The first-order valence-corrected chi connectivity index (χ1v) is 8.15. The summed E-state index contributed by atoms with van der Waals surface area (Å²) < 4.78 is 7.12. The van der Waals surface area contributed by atoms with Crippen molar-refractivity contribution >= 4 is 29.1 Å². The quantitative estimate of drug-likeness (QED) is 0.847. The van der Waals surface area contributed by atoms with Crippen LogP contribution in [0.3, 0.4) is 0 Å². The maximum Gasteiger partial charge on any atom is 0.262 e. The minimum Gasteiger partial charge on any atom is -0.482 e. The highest BCUT2D eigenvalue weighted by Gasteiger charge is 2.21. The minimum absolute atomic E-state index is 0.0512. The Kier molecular flexibility index (Phi) is 3.50. The van der Waals surface area contributed by atoms with Gasteiger partial charge in [-0.25, -0.2) is 0 Å². The second kappa shape index (κ2) is 5.67. The molecule has 0 aliphatic carbocycles. The van der Waals surface area contributed by atoms with E-state index in [0.29, 0.717) is 30.2 Å². The van der Waals surface area contributed by atoms with Crippen LogP contribution in [-0.2, 0) is 11.2 Å². The molecule has 2 aliphatic heterocycles. The average molecular weight is 330 g/mol. The molecule has 0 bridgehead atoms. The third-order valence-electron chi connectivity index (χ3n) is 3.55. The molecular weight excluding hydrogens is 316 g/mol. The number of carbonyl (C=O) groups excluding carboxylic acids is 1. The normalized spacial score (nSPS) is 16.0. The molecule has 0 saturated carbocycles. The summed E-state index contributed by atoms with van der Waals surface area (Å²) in [6.07, 6.45) is 0.623. The number of benzene rings is 1. The Labute approximate surface area is 136 Å². The van der Waals surface area contributed by atoms with Crippen LogP contribution >= 0.6 is 11.8 Å². The topological polar surface area (TPSA) is 107 Å². The first-order valence-electron chi connectivity index (χ1n) is 7.16. The van der Waals surface area contributed by atoms with E-state index in [1.54, 1.807) is 16.4 Å². The van der Waals surface area contributed by atoms with Crippen molar-refractivity contribution in [1.82, 2.24) is 14.9 Å². The van der Waals surface area contributed by atoms with Gasteiger partial charge < -0.3 is 15.8 Å². The van der Waals surface area contributed by atoms with Crippen molar-refractivity contribution in [3.8, 4) is 5.75 Å². The van der Waals surface area contributed by atoms with Crippen LogP contribution in [0, 0.1) is 0 Å². The molecule has 23 heavy (non-hydrogen) atoms. The van der Waals surface area contributed by atoms with Crippen LogP contribution < -0.4 is 15.8 Å². The number of amides is 1. The summed E-state index contributed by atoms with van der Waals surface area (Å²) in [5.41, 5.74) is 8.09. The van der Waals surface area contributed by atoms with E-state index >= 15 is 0 Å². The van der Waals surface area contributed by atoms with Crippen LogP contribution in [0.1, 0.15) is 11.4 Å². The number of aromatic nitrogens is 3. The molecule has 3 heterocycles. The second-order valence-electron chi connectivity index (χ2n) is 5.13. The predicted molar refractivity (Wildman–Crippen MR) is 86.0 cm³/mol. The summed E-state index contributed by atoms with van der Waals surface area (Å²) in [5, 5.41) is 16.5. The third-order valence-corrected chi connectivity index (χ3v) is 4.48. The molecule has 0 atom stereocenters. The van der Waals surface area contributed by atoms with E-state index in [0.717, 1.165) is 22.3 Å². The second-order valence-corrected chi connectivity index (χ2v) is 6.07. The summed E-state index contributed by atoms with van der Waals surface area (Å²) in [5.74, 6) is 1.96. The Hall–Kier alpha value is -2.39. The molecule has 3 N–H and O–H groups in total. The largest absolute Gasteiger partial charge is 0.482 e. The standard InChI is InChI=1S/C14H14N6O2S/c15-4-3-12-17-18-14-20(12)19-10(7-23-14)8-1-2-11-9(5-8)16-13(21)6-22-11/h1-2,5H,3-4,6-7,15H2,(H,16,21). The van der Waals surface area contributed by atoms with Crippen LogP contribution in [0.15, 0.2) is 28.5 Å². The van der Waals surface area contributed by atoms with E-state index in [-0.39, 0.29) is 12.5 Å². The van der Waals surface area contributed by atoms with Crippen LogP contribution in [0.5, 0.6) is 5.75 Å². The zero-order valence-corrected chi connectivity index (χ0v) is 13.0. The van der Waals surface area contributed by atoms with Gasteiger partial charge in [0.2, 0.25) is 5.16 Å². The van der Waals surface area contributed by atoms with E-state index in [4.69, 9.17) is 10.5 Å². The molecular formula is C14H14N6O2S. The number of nitrogens with one attached hydrogen (secondary N) is 1. The molecule has 1 amide bonds. The Bertz CT molecular complexity index is 816. The van der Waals surface area contributed by atoms with Crippen molar-refractivity contribution < 1.29 is 9.53 Å². The number of hydrogen-bond acceptors (Lipinski definition) is 7. The average Bonchev–Trinajstić information content (AvgIpc) is 2.97. The fourth-order valence-corrected chi connectivity index (χ4v) is 3.31. The SMILES string of the molecule is NCCc1nnc2n1N=C(c1ccc3c(c1)NC(=O)CO3)CS2. The molecule has 0 unspecified atom stereocenters. The Morgan fingerprint density at radius 1 is 1.39 bits per heavy atom. The van der Waals surface area contributed by atoms with Crippen molar-refractivity contribution in [2.75, 3.05) is 24.2 Å². The number of ether oxygens (including phenoxy) is 1. The Morgan fingerprint density at radius 2 is 2.30 bits per heavy atom. The highest BCUT2D eigenvalue weighted by Crippen LogP contribution is 2.31. The van der Waals surface area contributed by atoms with Crippen LogP contribution in [0.2, 0.25) is 0 Å². The fourth-order valence-electron chi connectivity index (χ4n) is 2.46. The monoisotopic (exact) mass is 330 g/mol. The zero-order valence-electron chi connectivity index (χ0n) is 12.2. The van der Waals surface area contributed by atoms with Crippen LogP contribution in [0.4, 0.5) is 5.69 Å². The predicted octanol–water partition coefficient (Wildman–Crippen LogP) is 0.468. The molecule has 1 aromatic carbocycles. The van der Waals surface area contributed by atoms with Crippen LogP contribution in [-0.4, -0.2) is 45.4 Å². The third kappa shape index (κ3) is 2.57. The lowest BCUT2D eigenvalue weighted by Crippen LogP contribution is -2.25. The van der Waals surface area contributed by atoms with Crippen molar-refractivity contribution in [3.05, 3.63) is 29.6 Å². The molecule has 0 radical (unpaired) electrons. The molecule has 4 rings (SSSR count). The van der Waals surface area contributed by atoms with Gasteiger partial charge in [0, 0.05) is 17.7 Å². The Balaban J connectivity index is 1.71. The number of nitrogens with zero attached hydrogens (tertiary/aromatic N) is 4. The minimum atomic E-state index is -0.152. The summed E-state index contributed by atoms with van der Waals surface area (Å²) in [4.78, 5) is 11.5. The molecule has 9 heteroatoms. The first-order chi connectivity index (χ1) is 11.2. The lowest BCUT2D eigenvalue weighted by Gasteiger charge is -2.19. The van der Waals surface area contributed by atoms with Crippen molar-refractivity contribution in [3.63, 3.8) is 0 Å². The van der Waals surface area contributed by atoms with E-state index in [1.165, 1.54) is 0 Å². The number of rotatable bonds is 3. The van der Waals surface area contributed by atoms with E-state index < -0.39 is 0 Å². The lowest BCUT2D eigenvalue weighted by atomic mass is 10.1. The number of thioether (sulfide) groups is 1. The van der Waals surface area contributed by atoms with Gasteiger partial charge in [-0.15, -0.1) is 10.2 Å². The van der Waals surface area contributed by atoms with Crippen LogP contribution in [0.25, 0.3) is 0 Å². The molecule has 0 saturated heterocycles. The molecule has 118 valence electrons. The summed E-state index contributed by atoms with van der Waals surface area (Å²) in [6.45, 7) is 0.547. The highest BCUT2D eigenvalue weighted by atomic mass is 32.2. The number of fused-ring (bicyclic) bond motifs is 2. The van der Waals surface area contributed by atoms with Gasteiger partial charge in [0.25, 0.3) is 5.91 Å². The van der Waals surface area contributed by atoms with Gasteiger partial charge >= 0.3 is 0 Å². The lowest BCUT2D eigenvalue weighted by molar-refractivity contribution is -0.118. The number of hydrogen-bond donors (Lipinski definition) is 2. The molecule has 0 fully saturated rings. The van der Waals surface area contributed by atoms with Gasteiger partial charge in [0.15, 0.2) is 12.4 Å². The zero-order chi connectivity index (χ0) is 15.8. The van der Waals surface area contributed by atoms with Gasteiger partial charge in [-0.3, -0.25) is 4.79 Å².